The minimum absolute atomic E-state index is 0.0556. The summed E-state index contributed by atoms with van der Waals surface area (Å²) >= 11 is 2.80. The molecule has 6 heteroatoms. The van der Waals surface area contributed by atoms with Crippen molar-refractivity contribution in [2.45, 2.75) is 13.0 Å². The van der Waals surface area contributed by atoms with Gasteiger partial charge in [-0.25, -0.2) is 13.8 Å². The van der Waals surface area contributed by atoms with E-state index in [9.17, 15) is 8.78 Å². The zero-order valence-electron chi connectivity index (χ0n) is 6.34. The fraction of sp³-hybridized carbons (Fsp3) is 0.286. The number of halogens is 3. The first-order chi connectivity index (χ1) is 6.06. The van der Waals surface area contributed by atoms with Gasteiger partial charge in [-0.15, -0.1) is 0 Å². The highest BCUT2D eigenvalue weighted by atomic mass is 79.9. The second-order valence-corrected chi connectivity index (χ2v) is 3.05. The quantitative estimate of drug-likeness (QED) is 0.793. The summed E-state index contributed by atoms with van der Waals surface area (Å²) < 4.78 is 24.4. The van der Waals surface area contributed by atoms with Crippen LogP contribution in [-0.2, 0) is 6.61 Å². The number of aliphatic hydroxyl groups excluding tert-OH is 1. The number of hydrogen-bond acceptors (Lipinski definition) is 3. The minimum atomic E-state index is -2.76. The van der Waals surface area contributed by atoms with E-state index in [0.29, 0.717) is 0 Å². The summed E-state index contributed by atoms with van der Waals surface area (Å²) in [6.45, 7) is -0.576. The Bertz CT molecular complexity index is 320. The smallest absolute Gasteiger partial charge is 0.280 e. The normalized spacial score (nSPS) is 10.8. The van der Waals surface area contributed by atoms with E-state index in [1.807, 2.05) is 0 Å². The van der Waals surface area contributed by atoms with E-state index >= 15 is 0 Å². The minimum Gasteiger partial charge on any atom is -0.505 e. The molecule has 0 saturated heterocycles. The largest absolute Gasteiger partial charge is 0.505 e. The Morgan fingerprint density at radius 2 is 2.15 bits per heavy atom. The summed E-state index contributed by atoms with van der Waals surface area (Å²) in [7, 11) is 0. The molecule has 1 heterocycles. The predicted octanol–water partition coefficient (Wildman–Crippen LogP) is 1.98. The Morgan fingerprint density at radius 1 is 1.54 bits per heavy atom. The van der Waals surface area contributed by atoms with Crippen LogP contribution < -0.4 is 0 Å². The van der Waals surface area contributed by atoms with Crippen molar-refractivity contribution in [3.8, 4) is 5.75 Å². The Labute approximate surface area is 81.2 Å². The third-order valence-electron chi connectivity index (χ3n) is 1.45. The van der Waals surface area contributed by atoms with Crippen LogP contribution in [0.15, 0.2) is 10.7 Å². The van der Waals surface area contributed by atoms with Crippen LogP contribution in [0.25, 0.3) is 0 Å². The molecule has 1 aromatic heterocycles. The van der Waals surface area contributed by atoms with Gasteiger partial charge in [0, 0.05) is 5.56 Å². The molecule has 0 amide bonds. The van der Waals surface area contributed by atoms with E-state index < -0.39 is 18.7 Å². The van der Waals surface area contributed by atoms with Gasteiger partial charge in [-0.05, 0) is 22.0 Å². The maximum Gasteiger partial charge on any atom is 0.280 e. The van der Waals surface area contributed by atoms with E-state index in [-0.39, 0.29) is 15.9 Å². The number of hydrogen-bond donors (Lipinski definition) is 2. The van der Waals surface area contributed by atoms with E-state index in [2.05, 4.69) is 20.9 Å². The van der Waals surface area contributed by atoms with Crippen LogP contribution in [0.1, 0.15) is 17.7 Å². The second-order valence-electron chi connectivity index (χ2n) is 2.30. The molecule has 0 unspecified atom stereocenters. The molecule has 0 radical (unpaired) electrons. The monoisotopic (exact) mass is 253 g/mol. The highest BCUT2D eigenvalue weighted by Gasteiger charge is 2.16. The lowest BCUT2D eigenvalue weighted by molar-refractivity contribution is 0.141. The molecule has 0 fully saturated rings. The lowest BCUT2D eigenvalue weighted by Crippen LogP contribution is -1.99. The SMILES string of the molecule is OCc1cc(O)c(Br)nc1C(F)F. The second kappa shape index (κ2) is 3.97. The van der Waals surface area contributed by atoms with E-state index in [1.54, 1.807) is 0 Å². The molecule has 2 N–H and O–H groups in total. The van der Waals surface area contributed by atoms with Crippen LogP contribution in [-0.4, -0.2) is 15.2 Å². The number of aromatic nitrogens is 1. The maximum absolute atomic E-state index is 12.3. The van der Waals surface area contributed by atoms with Crippen molar-refractivity contribution in [3.05, 3.63) is 21.9 Å². The third-order valence-corrected chi connectivity index (χ3v) is 2.03. The Kier molecular flexibility index (Phi) is 3.16. The molecule has 0 saturated carbocycles. The summed E-state index contributed by atoms with van der Waals surface area (Å²) in [5, 5.41) is 17.8. The number of nitrogens with zero attached hydrogens (tertiary/aromatic N) is 1. The van der Waals surface area contributed by atoms with Crippen molar-refractivity contribution in [2.75, 3.05) is 0 Å². The predicted molar refractivity (Wildman–Crippen MR) is 44.5 cm³/mol. The zero-order chi connectivity index (χ0) is 10.0. The molecule has 0 spiro atoms. The van der Waals surface area contributed by atoms with Crippen LogP contribution in [0.2, 0.25) is 0 Å². The fourth-order valence-electron chi connectivity index (χ4n) is 0.849. The van der Waals surface area contributed by atoms with Crippen LogP contribution in [0, 0.1) is 0 Å². The first-order valence-corrected chi connectivity index (χ1v) is 4.13. The highest BCUT2D eigenvalue weighted by molar-refractivity contribution is 9.10. The van der Waals surface area contributed by atoms with Gasteiger partial charge in [0.1, 0.15) is 16.0 Å². The van der Waals surface area contributed by atoms with Crippen molar-refractivity contribution in [1.82, 2.24) is 4.98 Å². The van der Waals surface area contributed by atoms with Gasteiger partial charge in [0.2, 0.25) is 0 Å². The Balaban J connectivity index is 3.25. The molecule has 0 aliphatic rings. The number of pyridine rings is 1. The van der Waals surface area contributed by atoms with Crippen LogP contribution in [0.4, 0.5) is 8.78 Å². The first kappa shape index (κ1) is 10.3. The molecule has 0 aromatic carbocycles. The lowest BCUT2D eigenvalue weighted by Gasteiger charge is -2.06. The molecule has 1 aromatic rings. The van der Waals surface area contributed by atoms with Gasteiger partial charge in [-0.3, -0.25) is 0 Å². The van der Waals surface area contributed by atoms with Gasteiger partial charge in [0.25, 0.3) is 6.43 Å². The van der Waals surface area contributed by atoms with Crippen LogP contribution in [0.3, 0.4) is 0 Å². The summed E-state index contributed by atoms with van der Waals surface area (Å²) in [5.41, 5.74) is -0.595. The molecular weight excluding hydrogens is 248 g/mol. The molecule has 0 aliphatic carbocycles. The van der Waals surface area contributed by atoms with Crippen LogP contribution >= 0.6 is 15.9 Å². The van der Waals surface area contributed by atoms with Gasteiger partial charge >= 0.3 is 0 Å². The molecule has 0 bridgehead atoms. The van der Waals surface area contributed by atoms with Gasteiger partial charge in [-0.1, -0.05) is 0 Å². The van der Waals surface area contributed by atoms with E-state index in [1.165, 1.54) is 0 Å². The van der Waals surface area contributed by atoms with E-state index in [4.69, 9.17) is 10.2 Å². The number of aliphatic hydroxyl groups is 1. The standard InChI is InChI=1S/C7H6BrF2NO2/c8-6-4(13)1-3(2-12)5(11-6)7(9)10/h1,7,12-13H,2H2. The number of aromatic hydroxyl groups is 1. The lowest BCUT2D eigenvalue weighted by atomic mass is 10.2. The average molecular weight is 254 g/mol. The van der Waals surface area contributed by atoms with Gasteiger partial charge in [-0.2, -0.15) is 0 Å². The van der Waals surface area contributed by atoms with Crippen molar-refractivity contribution >= 4 is 15.9 Å². The average Bonchev–Trinajstić information content (AvgIpc) is 2.08. The van der Waals surface area contributed by atoms with Crippen LogP contribution in [0.5, 0.6) is 5.75 Å². The zero-order valence-corrected chi connectivity index (χ0v) is 7.92. The summed E-state index contributed by atoms with van der Waals surface area (Å²) in [5.74, 6) is -0.270. The molecule has 0 atom stereocenters. The van der Waals surface area contributed by atoms with Crippen molar-refractivity contribution in [2.24, 2.45) is 0 Å². The molecule has 72 valence electrons. The van der Waals surface area contributed by atoms with Gasteiger partial charge < -0.3 is 10.2 Å². The number of alkyl halides is 2. The summed E-state index contributed by atoms with van der Waals surface area (Å²) in [6.07, 6.45) is -2.76. The highest BCUT2D eigenvalue weighted by Crippen LogP contribution is 2.29. The van der Waals surface area contributed by atoms with Gasteiger partial charge in [0.15, 0.2) is 0 Å². The van der Waals surface area contributed by atoms with Crippen molar-refractivity contribution in [1.29, 1.82) is 0 Å². The maximum atomic E-state index is 12.3. The summed E-state index contributed by atoms with van der Waals surface area (Å²) in [6, 6.07) is 1.05. The summed E-state index contributed by atoms with van der Waals surface area (Å²) in [4.78, 5) is 3.40. The Morgan fingerprint density at radius 3 is 2.62 bits per heavy atom. The molecule has 1 rings (SSSR count). The fourth-order valence-corrected chi connectivity index (χ4v) is 1.15. The van der Waals surface area contributed by atoms with E-state index in [0.717, 1.165) is 6.07 Å². The molecule has 3 nitrogen and oxygen atoms in total. The molecular formula is C7H6BrF2NO2. The van der Waals surface area contributed by atoms with Gasteiger partial charge in [0.05, 0.1) is 6.61 Å². The topological polar surface area (TPSA) is 53.4 Å². The number of rotatable bonds is 2. The van der Waals surface area contributed by atoms with Crippen molar-refractivity contribution in [3.63, 3.8) is 0 Å². The Hall–Kier alpha value is -0.750. The first-order valence-electron chi connectivity index (χ1n) is 3.33. The third kappa shape index (κ3) is 2.13. The van der Waals surface area contributed by atoms with Crippen molar-refractivity contribution < 1.29 is 19.0 Å². The molecule has 13 heavy (non-hydrogen) atoms. The molecule has 0 aliphatic heterocycles.